The second-order valence-corrected chi connectivity index (χ2v) is 6.31. The Kier molecular flexibility index (Phi) is 6.15. The summed E-state index contributed by atoms with van der Waals surface area (Å²) >= 11 is 0. The largest absolute Gasteiger partial charge is 0.461 e. The minimum atomic E-state index is 0. The molecule has 0 unspecified atom stereocenters. The summed E-state index contributed by atoms with van der Waals surface area (Å²) in [5.41, 5.74) is 2.61. The van der Waals surface area contributed by atoms with Crippen molar-refractivity contribution in [3.63, 3.8) is 0 Å². The molecule has 3 nitrogen and oxygen atoms in total. The van der Waals surface area contributed by atoms with Crippen molar-refractivity contribution in [1.82, 2.24) is 10.2 Å². The molecule has 2 aromatic rings. The van der Waals surface area contributed by atoms with Crippen LogP contribution in [0.1, 0.15) is 17.7 Å². The summed E-state index contributed by atoms with van der Waals surface area (Å²) in [7, 11) is 0. The van der Waals surface area contributed by atoms with Gasteiger partial charge in [0.1, 0.15) is 11.5 Å². The Morgan fingerprint density at radius 2 is 1.96 bits per heavy atom. The molecule has 4 rings (SSSR count). The standard InChI is InChI=1S/C18H22N2O.2ClH/c1-13-6-7-18(21-13)16-5-3-2-4-15(16)12-20-9-8-14-10-19-11-17(14)20;;/h2-7,14,17,19H,8-12H2,1H3;2*1H/t14-,17+;;/m0../s1. The first kappa shape index (κ1) is 18.3. The fourth-order valence-corrected chi connectivity index (χ4v) is 3.83. The number of nitrogens with one attached hydrogen (secondary N) is 1. The molecule has 0 bridgehead atoms. The Labute approximate surface area is 150 Å². The van der Waals surface area contributed by atoms with Gasteiger partial charge in [0.2, 0.25) is 0 Å². The third-order valence-corrected chi connectivity index (χ3v) is 4.96. The van der Waals surface area contributed by atoms with Gasteiger partial charge in [0, 0.05) is 24.7 Å². The van der Waals surface area contributed by atoms with Gasteiger partial charge in [0.15, 0.2) is 0 Å². The molecule has 2 aliphatic heterocycles. The molecule has 23 heavy (non-hydrogen) atoms. The van der Waals surface area contributed by atoms with Gasteiger partial charge in [0.05, 0.1) is 0 Å². The number of rotatable bonds is 3. The van der Waals surface area contributed by atoms with E-state index in [-0.39, 0.29) is 24.8 Å². The monoisotopic (exact) mass is 354 g/mol. The molecule has 0 amide bonds. The van der Waals surface area contributed by atoms with Crippen molar-refractivity contribution in [2.75, 3.05) is 19.6 Å². The molecule has 5 heteroatoms. The summed E-state index contributed by atoms with van der Waals surface area (Å²) in [6, 6.07) is 13.5. The van der Waals surface area contributed by atoms with E-state index in [1.807, 2.05) is 13.0 Å². The molecule has 0 saturated carbocycles. The van der Waals surface area contributed by atoms with Crippen LogP contribution in [0.2, 0.25) is 0 Å². The van der Waals surface area contributed by atoms with Gasteiger partial charge in [-0.25, -0.2) is 0 Å². The topological polar surface area (TPSA) is 28.4 Å². The molecule has 1 N–H and O–H groups in total. The number of likely N-dealkylation sites (tertiary alicyclic amines) is 1. The van der Waals surface area contributed by atoms with E-state index < -0.39 is 0 Å². The molecule has 3 heterocycles. The lowest BCUT2D eigenvalue weighted by Gasteiger charge is -2.24. The summed E-state index contributed by atoms with van der Waals surface area (Å²) in [5.74, 6) is 2.81. The van der Waals surface area contributed by atoms with Crippen molar-refractivity contribution in [1.29, 1.82) is 0 Å². The van der Waals surface area contributed by atoms with Gasteiger partial charge >= 0.3 is 0 Å². The van der Waals surface area contributed by atoms with E-state index in [2.05, 4.69) is 40.5 Å². The number of nitrogens with zero attached hydrogens (tertiary/aromatic N) is 1. The Morgan fingerprint density at radius 3 is 2.74 bits per heavy atom. The molecule has 1 aromatic carbocycles. The second-order valence-electron chi connectivity index (χ2n) is 6.31. The fraction of sp³-hybridized carbons (Fsp3) is 0.444. The van der Waals surface area contributed by atoms with Crippen LogP contribution in [0.25, 0.3) is 11.3 Å². The van der Waals surface area contributed by atoms with Crippen molar-refractivity contribution in [3.05, 3.63) is 47.7 Å². The average molecular weight is 355 g/mol. The Hall–Kier alpha value is -1.000. The number of benzene rings is 1. The summed E-state index contributed by atoms with van der Waals surface area (Å²) in [5, 5.41) is 3.53. The Bertz CT molecular complexity index is 643. The van der Waals surface area contributed by atoms with Gasteiger partial charge in [-0.1, -0.05) is 24.3 Å². The molecule has 0 aliphatic carbocycles. The van der Waals surface area contributed by atoms with E-state index in [1.165, 1.54) is 30.6 Å². The molecule has 0 radical (unpaired) electrons. The van der Waals surface area contributed by atoms with Crippen molar-refractivity contribution in [3.8, 4) is 11.3 Å². The van der Waals surface area contributed by atoms with Crippen LogP contribution in [0, 0.1) is 12.8 Å². The predicted octanol–water partition coefficient (Wildman–Crippen LogP) is 3.89. The van der Waals surface area contributed by atoms with Gasteiger partial charge in [-0.15, -0.1) is 24.8 Å². The first-order valence-electron chi connectivity index (χ1n) is 7.91. The minimum absolute atomic E-state index is 0. The molecule has 0 spiro atoms. The van der Waals surface area contributed by atoms with Crippen LogP contribution in [0.4, 0.5) is 0 Å². The lowest BCUT2D eigenvalue weighted by atomic mass is 10.0. The number of hydrogen-bond donors (Lipinski definition) is 1. The van der Waals surface area contributed by atoms with Crippen LogP contribution in [-0.4, -0.2) is 30.6 Å². The second kappa shape index (κ2) is 7.71. The number of furan rings is 1. The quantitative estimate of drug-likeness (QED) is 0.906. The molecule has 2 atom stereocenters. The maximum absolute atomic E-state index is 5.83. The van der Waals surface area contributed by atoms with Gasteiger partial charge < -0.3 is 9.73 Å². The van der Waals surface area contributed by atoms with Gasteiger partial charge in [-0.2, -0.15) is 0 Å². The van der Waals surface area contributed by atoms with E-state index in [1.54, 1.807) is 0 Å². The molecule has 126 valence electrons. The predicted molar refractivity (Wildman–Crippen MR) is 98.6 cm³/mol. The highest BCUT2D eigenvalue weighted by Gasteiger charge is 2.37. The van der Waals surface area contributed by atoms with Crippen LogP contribution in [0.5, 0.6) is 0 Å². The van der Waals surface area contributed by atoms with Gasteiger partial charge in [-0.3, -0.25) is 4.90 Å². The number of hydrogen-bond acceptors (Lipinski definition) is 3. The highest BCUT2D eigenvalue weighted by molar-refractivity contribution is 5.85. The van der Waals surface area contributed by atoms with Crippen molar-refractivity contribution < 1.29 is 4.42 Å². The van der Waals surface area contributed by atoms with Gasteiger partial charge in [0.25, 0.3) is 0 Å². The van der Waals surface area contributed by atoms with Crippen LogP contribution in [0.15, 0.2) is 40.8 Å². The van der Waals surface area contributed by atoms with Gasteiger partial charge in [-0.05, 0) is 50.0 Å². The van der Waals surface area contributed by atoms with E-state index >= 15 is 0 Å². The summed E-state index contributed by atoms with van der Waals surface area (Å²) < 4.78 is 5.83. The van der Waals surface area contributed by atoms with Crippen LogP contribution < -0.4 is 5.32 Å². The molecule has 2 fully saturated rings. The highest BCUT2D eigenvalue weighted by atomic mass is 35.5. The molecule has 1 aromatic heterocycles. The van der Waals surface area contributed by atoms with Crippen LogP contribution in [-0.2, 0) is 6.54 Å². The molecule has 2 aliphatic rings. The van der Waals surface area contributed by atoms with Crippen molar-refractivity contribution in [2.45, 2.75) is 25.9 Å². The highest BCUT2D eigenvalue weighted by Crippen LogP contribution is 2.31. The average Bonchev–Trinajstić information content (AvgIpc) is 3.18. The van der Waals surface area contributed by atoms with E-state index in [9.17, 15) is 0 Å². The maximum Gasteiger partial charge on any atom is 0.134 e. The first-order chi connectivity index (χ1) is 10.3. The zero-order valence-corrected chi connectivity index (χ0v) is 15.0. The van der Waals surface area contributed by atoms with Crippen LogP contribution in [0.3, 0.4) is 0 Å². The lowest BCUT2D eigenvalue weighted by Crippen LogP contribution is -2.33. The van der Waals surface area contributed by atoms with Crippen LogP contribution >= 0.6 is 24.8 Å². The SMILES string of the molecule is Cc1ccc(-c2ccccc2CN2CC[C@H]3CNC[C@H]32)o1.Cl.Cl. The zero-order valence-electron chi connectivity index (χ0n) is 13.3. The van der Waals surface area contributed by atoms with E-state index in [0.717, 1.165) is 36.6 Å². The normalized spacial score (nSPS) is 23.2. The fourth-order valence-electron chi connectivity index (χ4n) is 3.83. The lowest BCUT2D eigenvalue weighted by molar-refractivity contribution is 0.244. The minimum Gasteiger partial charge on any atom is -0.461 e. The number of aryl methyl sites for hydroxylation is 1. The van der Waals surface area contributed by atoms with Crippen molar-refractivity contribution in [2.24, 2.45) is 5.92 Å². The third kappa shape index (κ3) is 3.58. The van der Waals surface area contributed by atoms with Crippen molar-refractivity contribution >= 4 is 24.8 Å². The molecule has 2 saturated heterocycles. The smallest absolute Gasteiger partial charge is 0.134 e. The first-order valence-corrected chi connectivity index (χ1v) is 7.91. The van der Waals surface area contributed by atoms with E-state index in [0.29, 0.717) is 0 Å². The van der Waals surface area contributed by atoms with E-state index in [4.69, 9.17) is 4.42 Å². The maximum atomic E-state index is 5.83. The zero-order chi connectivity index (χ0) is 14.2. The Morgan fingerprint density at radius 1 is 1.13 bits per heavy atom. The number of halogens is 2. The molecular weight excluding hydrogens is 331 g/mol. The molecular formula is C18H24Cl2N2O. The summed E-state index contributed by atoms with van der Waals surface area (Å²) in [6.45, 7) is 6.59. The summed E-state index contributed by atoms with van der Waals surface area (Å²) in [6.07, 6.45) is 1.33. The summed E-state index contributed by atoms with van der Waals surface area (Å²) in [4.78, 5) is 2.64. The third-order valence-electron chi connectivity index (χ3n) is 4.96. The Balaban J connectivity index is 0.000000960. The number of fused-ring (bicyclic) bond motifs is 1.